The normalized spacial score (nSPS) is 15.8. The highest BCUT2D eigenvalue weighted by atomic mass is 16.2. The summed E-state index contributed by atoms with van der Waals surface area (Å²) in [7, 11) is 0. The monoisotopic (exact) mass is 498 g/mol. The van der Waals surface area contributed by atoms with Gasteiger partial charge in [0.15, 0.2) is 0 Å². The molecule has 2 aliphatic heterocycles. The van der Waals surface area contributed by atoms with Crippen LogP contribution in [-0.4, -0.2) is 83.6 Å². The highest BCUT2D eigenvalue weighted by Gasteiger charge is 2.18. The number of carbonyl (C=O) groups is 1. The van der Waals surface area contributed by atoms with E-state index < -0.39 is 0 Å². The summed E-state index contributed by atoms with van der Waals surface area (Å²) in [4.78, 5) is 17.9. The summed E-state index contributed by atoms with van der Waals surface area (Å²) in [5.74, 6) is 0.166. The van der Waals surface area contributed by atoms with E-state index in [4.69, 9.17) is 0 Å². The van der Waals surface area contributed by atoms with Crippen LogP contribution in [0.4, 0.5) is 11.4 Å². The number of amides is 1. The Balaban J connectivity index is 0.000000153. The molecule has 0 saturated carbocycles. The van der Waals surface area contributed by atoms with Crippen LogP contribution in [0.2, 0.25) is 0 Å². The van der Waals surface area contributed by atoms with Crippen molar-refractivity contribution in [3.63, 3.8) is 0 Å². The molecule has 3 N–H and O–H groups in total. The van der Waals surface area contributed by atoms with E-state index in [9.17, 15) is 4.79 Å². The van der Waals surface area contributed by atoms with Crippen molar-refractivity contribution in [2.45, 2.75) is 6.92 Å². The van der Waals surface area contributed by atoms with Gasteiger partial charge in [-0.3, -0.25) is 15.0 Å². The number of nitrogens with one attached hydrogen (secondary N) is 3. The first-order chi connectivity index (χ1) is 18.2. The second kappa shape index (κ2) is 11.7. The number of benzene rings is 2. The zero-order chi connectivity index (χ0) is 25.5. The second-order valence-corrected chi connectivity index (χ2v) is 9.26. The van der Waals surface area contributed by atoms with Crippen LogP contribution in [0.5, 0.6) is 0 Å². The van der Waals surface area contributed by atoms with Gasteiger partial charge in [-0.1, -0.05) is 24.3 Å². The van der Waals surface area contributed by atoms with E-state index in [1.54, 1.807) is 19.3 Å². The summed E-state index contributed by atoms with van der Waals surface area (Å²) >= 11 is 0. The Labute approximate surface area is 217 Å². The zero-order valence-corrected chi connectivity index (χ0v) is 21.2. The third-order valence-corrected chi connectivity index (χ3v) is 6.93. The molecule has 0 spiro atoms. The molecule has 4 aromatic rings. The van der Waals surface area contributed by atoms with Gasteiger partial charge < -0.3 is 20.0 Å². The fourth-order valence-electron chi connectivity index (χ4n) is 4.74. The first-order valence-electron chi connectivity index (χ1n) is 12.8. The van der Waals surface area contributed by atoms with Crippen LogP contribution in [0.1, 0.15) is 6.92 Å². The summed E-state index contributed by atoms with van der Waals surface area (Å²) in [6.45, 7) is 9.34. The van der Waals surface area contributed by atoms with Crippen LogP contribution < -0.4 is 15.1 Å². The van der Waals surface area contributed by atoms with Crippen LogP contribution in [0.15, 0.2) is 73.1 Å². The quantitative estimate of drug-likeness (QED) is 0.400. The Morgan fingerprint density at radius 3 is 1.51 bits per heavy atom. The third-order valence-electron chi connectivity index (χ3n) is 6.93. The largest absolute Gasteiger partial charge is 0.369 e. The molecule has 37 heavy (non-hydrogen) atoms. The summed E-state index contributed by atoms with van der Waals surface area (Å²) in [5, 5.41) is 17.2. The summed E-state index contributed by atoms with van der Waals surface area (Å²) in [6, 6.07) is 21.0. The molecule has 2 aliphatic rings. The highest BCUT2D eigenvalue weighted by molar-refractivity contribution is 5.73. The number of anilines is 2. The van der Waals surface area contributed by atoms with Gasteiger partial charge in [-0.15, -0.1) is 0 Å². The van der Waals surface area contributed by atoms with Crippen molar-refractivity contribution >= 4 is 17.3 Å². The van der Waals surface area contributed by atoms with Gasteiger partial charge in [0.1, 0.15) is 0 Å². The molecule has 2 saturated heterocycles. The molecular weight excluding hydrogens is 464 g/mol. The van der Waals surface area contributed by atoms with Gasteiger partial charge in [-0.25, -0.2) is 0 Å². The number of rotatable bonds is 4. The number of piperazine rings is 2. The van der Waals surface area contributed by atoms with E-state index in [0.717, 1.165) is 69.3 Å². The molecule has 0 atom stereocenters. The molecule has 0 bridgehead atoms. The Morgan fingerprint density at radius 1 is 0.649 bits per heavy atom. The minimum absolute atomic E-state index is 0.166. The van der Waals surface area contributed by atoms with E-state index >= 15 is 0 Å². The van der Waals surface area contributed by atoms with Crippen molar-refractivity contribution in [2.75, 3.05) is 62.2 Å². The molecule has 0 unspecified atom stereocenters. The number of aromatic nitrogens is 4. The first kappa shape index (κ1) is 24.6. The fraction of sp³-hybridized carbons (Fsp3) is 0.321. The molecule has 2 fully saturated rings. The molecule has 192 valence electrons. The molecule has 1 amide bonds. The van der Waals surface area contributed by atoms with Crippen LogP contribution in [0.3, 0.4) is 0 Å². The third kappa shape index (κ3) is 6.18. The topological polar surface area (TPSA) is 96.2 Å². The Kier molecular flexibility index (Phi) is 7.81. The van der Waals surface area contributed by atoms with E-state index in [-0.39, 0.29) is 5.91 Å². The Bertz CT molecular complexity index is 1220. The van der Waals surface area contributed by atoms with Gasteiger partial charge >= 0.3 is 0 Å². The van der Waals surface area contributed by atoms with Crippen LogP contribution in [-0.2, 0) is 4.79 Å². The predicted molar refractivity (Wildman–Crippen MR) is 148 cm³/mol. The van der Waals surface area contributed by atoms with Crippen molar-refractivity contribution in [3.05, 3.63) is 73.1 Å². The van der Waals surface area contributed by atoms with Gasteiger partial charge in [-0.05, 0) is 47.5 Å². The summed E-state index contributed by atoms with van der Waals surface area (Å²) in [6.07, 6.45) is 3.53. The highest BCUT2D eigenvalue weighted by Crippen LogP contribution is 2.23. The maximum atomic E-state index is 11.3. The van der Waals surface area contributed by atoms with Crippen molar-refractivity contribution < 1.29 is 4.79 Å². The molecule has 9 nitrogen and oxygen atoms in total. The molecule has 0 aliphatic carbocycles. The SMILES string of the molecule is CC(=O)N1CCN(c2ccc(-c3ccn[nH]3)cc2)CC1.c1cc(-c2ccc(N3CCNCC3)cc2)[nH]n1. The Morgan fingerprint density at radius 2 is 1.11 bits per heavy atom. The van der Waals surface area contributed by atoms with Crippen molar-refractivity contribution in [1.29, 1.82) is 0 Å². The average Bonchev–Trinajstić information content (AvgIpc) is 3.70. The molecule has 2 aromatic heterocycles. The van der Waals surface area contributed by atoms with Gasteiger partial charge in [-0.2, -0.15) is 10.2 Å². The van der Waals surface area contributed by atoms with Crippen molar-refractivity contribution in [2.24, 2.45) is 0 Å². The van der Waals surface area contributed by atoms with Gasteiger partial charge in [0.25, 0.3) is 0 Å². The average molecular weight is 499 g/mol. The van der Waals surface area contributed by atoms with Crippen LogP contribution in [0.25, 0.3) is 22.5 Å². The molecule has 0 radical (unpaired) electrons. The minimum atomic E-state index is 0.166. The van der Waals surface area contributed by atoms with E-state index in [0.29, 0.717) is 0 Å². The number of carbonyl (C=O) groups excluding carboxylic acids is 1. The molecule has 9 heteroatoms. The number of hydrogen-bond acceptors (Lipinski definition) is 6. The zero-order valence-electron chi connectivity index (χ0n) is 21.2. The minimum Gasteiger partial charge on any atom is -0.369 e. The number of aromatic amines is 2. The predicted octanol–water partition coefficient (Wildman–Crippen LogP) is 3.23. The van der Waals surface area contributed by atoms with E-state index in [1.807, 2.05) is 17.0 Å². The van der Waals surface area contributed by atoms with Crippen LogP contribution in [0, 0.1) is 0 Å². The molecule has 4 heterocycles. The fourth-order valence-corrected chi connectivity index (χ4v) is 4.74. The van der Waals surface area contributed by atoms with Crippen molar-refractivity contribution in [1.82, 2.24) is 30.6 Å². The van der Waals surface area contributed by atoms with E-state index in [2.05, 4.69) is 84.0 Å². The number of nitrogens with zero attached hydrogens (tertiary/aromatic N) is 5. The van der Waals surface area contributed by atoms with E-state index in [1.165, 1.54) is 16.9 Å². The van der Waals surface area contributed by atoms with Crippen LogP contribution >= 0.6 is 0 Å². The lowest BCUT2D eigenvalue weighted by Gasteiger charge is -2.35. The summed E-state index contributed by atoms with van der Waals surface area (Å²) < 4.78 is 0. The van der Waals surface area contributed by atoms with Gasteiger partial charge in [0.2, 0.25) is 5.91 Å². The molecule has 6 rings (SSSR count). The molecule has 2 aromatic carbocycles. The second-order valence-electron chi connectivity index (χ2n) is 9.26. The van der Waals surface area contributed by atoms with Gasteiger partial charge in [0, 0.05) is 83.1 Å². The number of hydrogen-bond donors (Lipinski definition) is 3. The van der Waals surface area contributed by atoms with Crippen molar-refractivity contribution in [3.8, 4) is 22.5 Å². The van der Waals surface area contributed by atoms with Gasteiger partial charge in [0.05, 0.1) is 11.4 Å². The standard InChI is InChI=1S/C15H18N4O.C13H16N4/c1-12(20)18-8-10-19(11-9-18)14-4-2-13(3-5-14)15-6-7-16-17-15;1-3-12(17-9-7-14-8-10-17)4-2-11(1)13-5-6-15-16-13/h2-7H,8-11H2,1H3,(H,16,17);1-6,14H,7-10H2,(H,15,16). The smallest absolute Gasteiger partial charge is 0.219 e. The maximum Gasteiger partial charge on any atom is 0.219 e. The number of H-pyrrole nitrogens is 2. The molecular formula is C28H34N8O. The Hall–Kier alpha value is -4.11. The lowest BCUT2D eigenvalue weighted by atomic mass is 10.1. The lowest BCUT2D eigenvalue weighted by molar-refractivity contribution is -0.129. The maximum absolute atomic E-state index is 11.3. The lowest BCUT2D eigenvalue weighted by Crippen LogP contribution is -2.48. The first-order valence-corrected chi connectivity index (χ1v) is 12.8. The summed E-state index contributed by atoms with van der Waals surface area (Å²) in [5.41, 5.74) is 6.91.